The second-order valence-electron chi connectivity index (χ2n) is 6.70. The quantitative estimate of drug-likeness (QED) is 0.490. The first-order valence-corrected chi connectivity index (χ1v) is 9.63. The van der Waals surface area contributed by atoms with Gasteiger partial charge in [-0.05, 0) is 24.1 Å². The van der Waals surface area contributed by atoms with E-state index in [0.29, 0.717) is 13.1 Å². The van der Waals surface area contributed by atoms with Gasteiger partial charge in [0.2, 0.25) is 0 Å². The summed E-state index contributed by atoms with van der Waals surface area (Å²) in [6, 6.07) is 10.4. The Morgan fingerprint density at radius 2 is 2.11 bits per heavy atom. The molecule has 0 radical (unpaired) electrons. The highest BCUT2D eigenvalue weighted by Gasteiger charge is 2.10. The van der Waals surface area contributed by atoms with Gasteiger partial charge in [0.15, 0.2) is 5.96 Å². The number of hydrogen-bond donors (Lipinski definition) is 1. The van der Waals surface area contributed by atoms with Gasteiger partial charge in [0.05, 0.1) is 24.7 Å². The first-order chi connectivity index (χ1) is 13.5. The van der Waals surface area contributed by atoms with Crippen molar-refractivity contribution in [2.24, 2.45) is 12.0 Å². The molecule has 7 nitrogen and oxygen atoms in total. The molecule has 3 rings (SSSR count). The van der Waals surface area contributed by atoms with Gasteiger partial charge in [0, 0.05) is 32.5 Å². The third-order valence-corrected chi connectivity index (χ3v) is 4.59. The molecule has 0 saturated carbocycles. The molecule has 0 aliphatic carbocycles. The van der Waals surface area contributed by atoms with Gasteiger partial charge in [-0.2, -0.15) is 5.10 Å². The second kappa shape index (κ2) is 9.41. The van der Waals surface area contributed by atoms with Crippen LogP contribution in [-0.2, 0) is 26.7 Å². The summed E-state index contributed by atoms with van der Waals surface area (Å²) in [5.74, 6) is 0.863. The van der Waals surface area contributed by atoms with Gasteiger partial charge in [0.25, 0.3) is 0 Å². The van der Waals surface area contributed by atoms with Gasteiger partial charge in [-0.15, -0.1) is 0 Å². The molecular weight excluding hydrogens is 374 g/mol. The van der Waals surface area contributed by atoms with E-state index in [1.54, 1.807) is 12.7 Å². The largest absolute Gasteiger partial charge is 0.357 e. The average Bonchev–Trinajstić information content (AvgIpc) is 3.28. The van der Waals surface area contributed by atoms with Crippen LogP contribution in [0.2, 0.25) is 5.02 Å². The third-order valence-electron chi connectivity index (χ3n) is 4.38. The van der Waals surface area contributed by atoms with Crippen molar-refractivity contribution in [2.45, 2.75) is 26.6 Å². The van der Waals surface area contributed by atoms with Crippen molar-refractivity contribution >= 4 is 17.6 Å². The van der Waals surface area contributed by atoms with Crippen LogP contribution in [0.3, 0.4) is 0 Å². The van der Waals surface area contributed by atoms with Crippen LogP contribution in [0.1, 0.15) is 23.7 Å². The number of benzene rings is 1. The Labute approximate surface area is 170 Å². The summed E-state index contributed by atoms with van der Waals surface area (Å²) in [5, 5.41) is 8.27. The Balaban J connectivity index is 1.69. The van der Waals surface area contributed by atoms with Crippen molar-refractivity contribution in [3.8, 4) is 0 Å². The normalized spacial score (nSPS) is 11.6. The predicted molar refractivity (Wildman–Crippen MR) is 112 cm³/mol. The molecule has 8 heteroatoms. The van der Waals surface area contributed by atoms with Crippen LogP contribution in [0.25, 0.3) is 0 Å². The van der Waals surface area contributed by atoms with Crippen molar-refractivity contribution in [1.29, 1.82) is 0 Å². The first-order valence-electron chi connectivity index (χ1n) is 9.25. The van der Waals surface area contributed by atoms with Gasteiger partial charge >= 0.3 is 0 Å². The molecule has 1 aromatic carbocycles. The minimum Gasteiger partial charge on any atom is -0.357 e. The van der Waals surface area contributed by atoms with Crippen molar-refractivity contribution in [3.05, 3.63) is 71.0 Å². The maximum Gasteiger partial charge on any atom is 0.194 e. The summed E-state index contributed by atoms with van der Waals surface area (Å²) in [4.78, 5) is 10.9. The van der Waals surface area contributed by atoms with Gasteiger partial charge in [0.1, 0.15) is 12.7 Å². The number of aliphatic imine (C=N–C) groups is 1. The van der Waals surface area contributed by atoms with E-state index in [4.69, 9.17) is 16.6 Å². The van der Waals surface area contributed by atoms with Gasteiger partial charge < -0.3 is 14.8 Å². The first kappa shape index (κ1) is 19.9. The number of nitrogens with zero attached hydrogens (tertiary/aromatic N) is 6. The van der Waals surface area contributed by atoms with E-state index in [9.17, 15) is 0 Å². The number of aromatic nitrogens is 4. The molecule has 0 aliphatic heterocycles. The highest BCUT2D eigenvalue weighted by molar-refractivity contribution is 6.30. The van der Waals surface area contributed by atoms with Crippen molar-refractivity contribution in [1.82, 2.24) is 29.5 Å². The van der Waals surface area contributed by atoms with Crippen LogP contribution in [0, 0.1) is 0 Å². The molecule has 0 bridgehead atoms. The van der Waals surface area contributed by atoms with Gasteiger partial charge in [-0.25, -0.2) is 14.7 Å². The lowest BCUT2D eigenvalue weighted by molar-refractivity contribution is 0.462. The summed E-state index contributed by atoms with van der Waals surface area (Å²) in [6.45, 7) is 4.91. The lowest BCUT2D eigenvalue weighted by Gasteiger charge is -2.22. The molecule has 1 N–H and O–H groups in total. The molecule has 0 fully saturated rings. The lowest BCUT2D eigenvalue weighted by Crippen LogP contribution is -2.38. The molecule has 3 aromatic rings. The summed E-state index contributed by atoms with van der Waals surface area (Å²) in [6.07, 6.45) is 5.18. The number of halogens is 1. The Kier molecular flexibility index (Phi) is 6.71. The monoisotopic (exact) mass is 399 g/mol. The smallest absolute Gasteiger partial charge is 0.194 e. The molecule has 2 heterocycles. The highest BCUT2D eigenvalue weighted by Crippen LogP contribution is 2.14. The third kappa shape index (κ3) is 5.36. The molecule has 28 heavy (non-hydrogen) atoms. The molecule has 0 amide bonds. The number of hydrogen-bond acceptors (Lipinski definition) is 3. The minimum absolute atomic E-state index is 0.603. The van der Waals surface area contributed by atoms with Gasteiger partial charge in [-0.3, -0.25) is 0 Å². The Bertz CT molecular complexity index is 915. The number of nitrogens with one attached hydrogen (secondary N) is 1. The summed E-state index contributed by atoms with van der Waals surface area (Å²) < 4.78 is 3.85. The average molecular weight is 400 g/mol. The lowest BCUT2D eigenvalue weighted by atomic mass is 10.1. The standard InChI is InChI=1S/C20H26ClN7/c1-4-23-20(27(3)13-19-9-18(21)12-26(19)2)24-10-16-6-5-7-17(8-16)11-28-15-22-14-25-28/h5-9,12,14-15H,4,10-11,13H2,1-3H3,(H,23,24). The fraction of sp³-hybridized carbons (Fsp3) is 0.350. The zero-order valence-corrected chi connectivity index (χ0v) is 17.3. The zero-order chi connectivity index (χ0) is 19.9. The van der Waals surface area contributed by atoms with Crippen LogP contribution in [0.15, 0.2) is 54.2 Å². The molecule has 148 valence electrons. The molecule has 0 unspecified atom stereocenters. The van der Waals surface area contributed by atoms with Crippen LogP contribution >= 0.6 is 11.6 Å². The minimum atomic E-state index is 0.603. The van der Waals surface area contributed by atoms with E-state index in [2.05, 4.69) is 51.5 Å². The van der Waals surface area contributed by atoms with E-state index in [1.165, 1.54) is 5.56 Å². The molecule has 0 spiro atoms. The van der Waals surface area contributed by atoms with Gasteiger partial charge in [-0.1, -0.05) is 35.9 Å². The fourth-order valence-corrected chi connectivity index (χ4v) is 3.28. The maximum absolute atomic E-state index is 6.10. The van der Waals surface area contributed by atoms with E-state index >= 15 is 0 Å². The second-order valence-corrected chi connectivity index (χ2v) is 7.14. The fourth-order valence-electron chi connectivity index (χ4n) is 3.00. The van der Waals surface area contributed by atoms with Crippen LogP contribution in [0.5, 0.6) is 0 Å². The topological polar surface area (TPSA) is 63.3 Å². The van der Waals surface area contributed by atoms with E-state index in [0.717, 1.165) is 35.3 Å². The molecule has 2 aromatic heterocycles. The number of guanidine groups is 1. The Morgan fingerprint density at radius 3 is 2.79 bits per heavy atom. The number of rotatable bonds is 7. The summed E-state index contributed by atoms with van der Waals surface area (Å²) in [5.41, 5.74) is 3.46. The van der Waals surface area contributed by atoms with Crippen molar-refractivity contribution < 1.29 is 0 Å². The van der Waals surface area contributed by atoms with Crippen molar-refractivity contribution in [3.63, 3.8) is 0 Å². The van der Waals surface area contributed by atoms with Crippen LogP contribution < -0.4 is 5.32 Å². The predicted octanol–water partition coefficient (Wildman–Crippen LogP) is 2.92. The SMILES string of the molecule is CCNC(=NCc1cccc(Cn2cncn2)c1)N(C)Cc1cc(Cl)cn1C. The molecule has 0 aliphatic rings. The number of aryl methyl sites for hydroxylation is 1. The van der Waals surface area contributed by atoms with E-state index < -0.39 is 0 Å². The summed E-state index contributed by atoms with van der Waals surface area (Å²) >= 11 is 6.10. The Morgan fingerprint density at radius 1 is 1.29 bits per heavy atom. The highest BCUT2D eigenvalue weighted by atomic mass is 35.5. The van der Waals surface area contributed by atoms with Crippen molar-refractivity contribution in [2.75, 3.05) is 13.6 Å². The zero-order valence-electron chi connectivity index (χ0n) is 16.5. The Hall–Kier alpha value is -2.80. The molecular formula is C20H26ClN7. The van der Waals surface area contributed by atoms with E-state index in [1.807, 2.05) is 35.6 Å². The molecule has 0 saturated heterocycles. The van der Waals surface area contributed by atoms with Crippen LogP contribution in [0.4, 0.5) is 0 Å². The van der Waals surface area contributed by atoms with E-state index in [-0.39, 0.29) is 0 Å². The van der Waals surface area contributed by atoms with Crippen LogP contribution in [-0.4, -0.2) is 43.8 Å². The summed E-state index contributed by atoms with van der Waals surface area (Å²) in [7, 11) is 4.03. The maximum atomic E-state index is 6.10. The molecule has 0 atom stereocenters.